The average Bonchev–Trinajstić information content (AvgIpc) is 2.63. The van der Waals surface area contributed by atoms with Gasteiger partial charge < -0.3 is 15.6 Å². The lowest BCUT2D eigenvalue weighted by Crippen LogP contribution is -2.21. The first-order valence-corrected chi connectivity index (χ1v) is 5.98. The molecule has 0 spiro atoms. The number of aromatic nitrogens is 1. The highest BCUT2D eigenvalue weighted by atomic mass is 16.5. The van der Waals surface area contributed by atoms with E-state index in [9.17, 15) is 4.79 Å². The van der Waals surface area contributed by atoms with Gasteiger partial charge in [-0.1, -0.05) is 18.5 Å². The van der Waals surface area contributed by atoms with Crippen molar-refractivity contribution in [2.75, 3.05) is 5.32 Å². The number of nitrogens with one attached hydrogen (secondary N) is 1. The van der Waals surface area contributed by atoms with E-state index in [1.165, 1.54) is 0 Å². The molecule has 1 rings (SSSR count). The van der Waals surface area contributed by atoms with Crippen molar-refractivity contribution in [2.45, 2.75) is 46.1 Å². The summed E-state index contributed by atoms with van der Waals surface area (Å²) < 4.78 is 4.88. The van der Waals surface area contributed by atoms with Gasteiger partial charge in [-0.25, -0.2) is 0 Å². The van der Waals surface area contributed by atoms with E-state index < -0.39 is 0 Å². The summed E-state index contributed by atoms with van der Waals surface area (Å²) in [4.78, 5) is 11.8. The molecule has 1 amide bonds. The molecule has 5 nitrogen and oxygen atoms in total. The molecule has 2 atom stereocenters. The zero-order valence-electron chi connectivity index (χ0n) is 10.7. The molecule has 0 saturated heterocycles. The number of hydrogen-bond acceptors (Lipinski definition) is 4. The summed E-state index contributed by atoms with van der Waals surface area (Å²) in [6.45, 7) is 5.67. The van der Waals surface area contributed by atoms with Crippen molar-refractivity contribution in [3.63, 3.8) is 0 Å². The van der Waals surface area contributed by atoms with E-state index in [4.69, 9.17) is 10.3 Å². The van der Waals surface area contributed by atoms with Gasteiger partial charge in [0, 0.05) is 18.0 Å². The first kappa shape index (κ1) is 13.7. The predicted molar refractivity (Wildman–Crippen MR) is 66.5 cm³/mol. The summed E-state index contributed by atoms with van der Waals surface area (Å²) in [5.41, 5.74) is 5.66. The Hall–Kier alpha value is -1.36. The van der Waals surface area contributed by atoms with Gasteiger partial charge in [0.2, 0.25) is 5.91 Å². The number of carbonyl (C=O) groups excluding carboxylic acids is 1. The zero-order chi connectivity index (χ0) is 12.8. The van der Waals surface area contributed by atoms with Gasteiger partial charge in [-0.15, -0.1) is 0 Å². The first-order chi connectivity index (χ1) is 7.99. The molecule has 96 valence electrons. The van der Waals surface area contributed by atoms with Crippen molar-refractivity contribution in [3.8, 4) is 0 Å². The minimum absolute atomic E-state index is 0.0250. The Morgan fingerprint density at radius 3 is 2.76 bits per heavy atom. The number of aryl methyl sites for hydroxylation is 1. The molecule has 0 fully saturated rings. The molecule has 17 heavy (non-hydrogen) atoms. The fourth-order valence-electron chi connectivity index (χ4n) is 1.55. The smallest absolute Gasteiger partial charge is 0.228 e. The van der Waals surface area contributed by atoms with E-state index in [0.29, 0.717) is 11.6 Å². The van der Waals surface area contributed by atoms with E-state index in [-0.39, 0.29) is 17.9 Å². The largest absolute Gasteiger partial charge is 0.360 e. The number of anilines is 1. The standard InChI is InChI=1S/C12H21N3O2/c1-8(5-4-6-9(2)13)12(16)14-11-7-10(3)17-15-11/h7-9H,4-6,13H2,1-3H3,(H,14,15,16). The normalized spacial score (nSPS) is 14.4. The van der Waals surface area contributed by atoms with Gasteiger partial charge in [0.25, 0.3) is 0 Å². The van der Waals surface area contributed by atoms with Gasteiger partial charge in [-0.2, -0.15) is 0 Å². The Kier molecular flexibility index (Phi) is 5.15. The van der Waals surface area contributed by atoms with Crippen LogP contribution in [0.25, 0.3) is 0 Å². The highest BCUT2D eigenvalue weighted by molar-refractivity contribution is 5.91. The Bertz CT molecular complexity index is 360. The highest BCUT2D eigenvalue weighted by Gasteiger charge is 2.14. The van der Waals surface area contributed by atoms with Crippen LogP contribution in [0, 0.1) is 12.8 Å². The van der Waals surface area contributed by atoms with Crippen LogP contribution in [0.1, 0.15) is 38.9 Å². The van der Waals surface area contributed by atoms with Crippen LogP contribution in [0.4, 0.5) is 5.82 Å². The van der Waals surface area contributed by atoms with Crippen LogP contribution < -0.4 is 11.1 Å². The van der Waals surface area contributed by atoms with E-state index in [1.807, 2.05) is 13.8 Å². The minimum atomic E-state index is -0.0363. The number of nitrogens with two attached hydrogens (primary N) is 1. The summed E-state index contributed by atoms with van der Waals surface area (Å²) in [7, 11) is 0. The van der Waals surface area contributed by atoms with E-state index in [0.717, 1.165) is 19.3 Å². The third-order valence-corrected chi connectivity index (χ3v) is 2.62. The molecule has 1 aromatic rings. The van der Waals surface area contributed by atoms with Gasteiger partial charge in [0.05, 0.1) is 0 Å². The predicted octanol–water partition coefficient (Wildman–Crippen LogP) is 2.08. The number of amides is 1. The second-order valence-electron chi connectivity index (χ2n) is 4.62. The molecule has 0 radical (unpaired) electrons. The molecule has 5 heteroatoms. The van der Waals surface area contributed by atoms with Crippen molar-refractivity contribution in [3.05, 3.63) is 11.8 Å². The third kappa shape index (κ3) is 4.99. The Morgan fingerprint density at radius 1 is 1.53 bits per heavy atom. The number of hydrogen-bond donors (Lipinski definition) is 2. The van der Waals surface area contributed by atoms with Crippen LogP contribution in [0.15, 0.2) is 10.6 Å². The van der Waals surface area contributed by atoms with Gasteiger partial charge in [0.15, 0.2) is 5.82 Å². The quantitative estimate of drug-likeness (QED) is 0.796. The van der Waals surface area contributed by atoms with E-state index >= 15 is 0 Å². The maximum atomic E-state index is 11.8. The van der Waals surface area contributed by atoms with E-state index in [2.05, 4.69) is 10.5 Å². The molecule has 0 saturated carbocycles. The fourth-order valence-corrected chi connectivity index (χ4v) is 1.55. The van der Waals surface area contributed by atoms with Crippen LogP contribution >= 0.6 is 0 Å². The van der Waals surface area contributed by atoms with Crippen molar-refractivity contribution in [1.29, 1.82) is 0 Å². The maximum absolute atomic E-state index is 11.8. The summed E-state index contributed by atoms with van der Waals surface area (Å²) in [6.07, 6.45) is 2.75. The summed E-state index contributed by atoms with van der Waals surface area (Å²) in [5, 5.41) is 6.45. The SMILES string of the molecule is Cc1cc(NC(=O)C(C)CCCC(C)N)no1. The van der Waals surface area contributed by atoms with Crippen LogP contribution in [0.5, 0.6) is 0 Å². The van der Waals surface area contributed by atoms with Crippen LogP contribution in [0.3, 0.4) is 0 Å². The summed E-state index contributed by atoms with van der Waals surface area (Å²) >= 11 is 0. The molecule has 1 aromatic heterocycles. The van der Waals surface area contributed by atoms with Crippen molar-refractivity contribution in [2.24, 2.45) is 11.7 Å². The van der Waals surface area contributed by atoms with Gasteiger partial charge in [-0.3, -0.25) is 4.79 Å². The first-order valence-electron chi connectivity index (χ1n) is 5.98. The molecule has 3 N–H and O–H groups in total. The molecular weight excluding hydrogens is 218 g/mol. The van der Waals surface area contributed by atoms with E-state index in [1.54, 1.807) is 13.0 Å². The maximum Gasteiger partial charge on any atom is 0.228 e. The van der Waals surface area contributed by atoms with Crippen LogP contribution in [-0.4, -0.2) is 17.1 Å². The molecule has 0 aromatic carbocycles. The number of rotatable bonds is 6. The molecule has 1 heterocycles. The number of nitrogens with zero attached hydrogens (tertiary/aromatic N) is 1. The molecule has 0 aliphatic rings. The average molecular weight is 239 g/mol. The van der Waals surface area contributed by atoms with Crippen LogP contribution in [-0.2, 0) is 4.79 Å². The monoisotopic (exact) mass is 239 g/mol. The van der Waals surface area contributed by atoms with Crippen molar-refractivity contribution >= 4 is 11.7 Å². The minimum Gasteiger partial charge on any atom is -0.360 e. The molecule has 2 unspecified atom stereocenters. The highest BCUT2D eigenvalue weighted by Crippen LogP contribution is 2.13. The van der Waals surface area contributed by atoms with Crippen molar-refractivity contribution < 1.29 is 9.32 Å². The topological polar surface area (TPSA) is 81.2 Å². The van der Waals surface area contributed by atoms with Gasteiger partial charge in [0.1, 0.15) is 5.76 Å². The second kappa shape index (κ2) is 6.39. The van der Waals surface area contributed by atoms with Gasteiger partial charge >= 0.3 is 0 Å². The lowest BCUT2D eigenvalue weighted by molar-refractivity contribution is -0.119. The summed E-state index contributed by atoms with van der Waals surface area (Å²) in [5.74, 6) is 1.10. The molecule has 0 aliphatic heterocycles. The van der Waals surface area contributed by atoms with Crippen molar-refractivity contribution in [1.82, 2.24) is 5.16 Å². The Morgan fingerprint density at radius 2 is 2.24 bits per heavy atom. The molecule has 0 aliphatic carbocycles. The lowest BCUT2D eigenvalue weighted by atomic mass is 10.0. The third-order valence-electron chi connectivity index (χ3n) is 2.62. The van der Waals surface area contributed by atoms with Crippen LogP contribution in [0.2, 0.25) is 0 Å². The Labute approximate surface area is 102 Å². The Balaban J connectivity index is 2.32. The lowest BCUT2D eigenvalue weighted by Gasteiger charge is -2.11. The number of carbonyl (C=O) groups is 1. The zero-order valence-corrected chi connectivity index (χ0v) is 10.7. The molecular formula is C12H21N3O2. The van der Waals surface area contributed by atoms with Gasteiger partial charge in [-0.05, 0) is 26.7 Å². The second-order valence-corrected chi connectivity index (χ2v) is 4.62. The fraction of sp³-hybridized carbons (Fsp3) is 0.667. The molecule has 0 bridgehead atoms. The summed E-state index contributed by atoms with van der Waals surface area (Å²) in [6, 6.07) is 1.90.